The van der Waals surface area contributed by atoms with Gasteiger partial charge in [-0.2, -0.15) is 0 Å². The first-order valence-electron chi connectivity index (χ1n) is 6.47. The summed E-state index contributed by atoms with van der Waals surface area (Å²) in [6.07, 6.45) is 3.24. The van der Waals surface area contributed by atoms with Crippen LogP contribution in [-0.4, -0.2) is 35.1 Å². The molecule has 1 aromatic heterocycles. The Labute approximate surface area is 118 Å². The Hall–Kier alpha value is -2.07. The average Bonchev–Trinajstić information content (AvgIpc) is 2.90. The summed E-state index contributed by atoms with van der Waals surface area (Å²) in [5.74, 6) is -0.113. The zero-order valence-electron chi connectivity index (χ0n) is 12.0. The number of amides is 1. The van der Waals surface area contributed by atoms with Gasteiger partial charge in [0, 0.05) is 24.7 Å². The molecule has 0 radical (unpaired) electrons. The van der Waals surface area contributed by atoms with Gasteiger partial charge in [0.25, 0.3) is 5.91 Å². The van der Waals surface area contributed by atoms with Crippen LogP contribution in [0.15, 0.2) is 47.3 Å². The highest BCUT2D eigenvalue weighted by Crippen LogP contribution is 2.21. The van der Waals surface area contributed by atoms with Crippen LogP contribution in [-0.2, 0) is 0 Å². The van der Waals surface area contributed by atoms with Crippen LogP contribution in [0.4, 0.5) is 0 Å². The second-order valence-corrected chi connectivity index (χ2v) is 5.57. The van der Waals surface area contributed by atoms with Gasteiger partial charge in [-0.05, 0) is 37.6 Å². The summed E-state index contributed by atoms with van der Waals surface area (Å²) in [5.41, 5.74) is 1.55. The van der Waals surface area contributed by atoms with Crippen molar-refractivity contribution < 1.29 is 14.3 Å². The van der Waals surface area contributed by atoms with Gasteiger partial charge >= 0.3 is 0 Å². The lowest BCUT2D eigenvalue weighted by Gasteiger charge is -2.25. The Balaban J connectivity index is 2.21. The van der Waals surface area contributed by atoms with Crippen LogP contribution in [0.2, 0.25) is 0 Å². The van der Waals surface area contributed by atoms with Crippen LogP contribution in [0.1, 0.15) is 24.2 Å². The molecule has 0 aliphatic carbocycles. The van der Waals surface area contributed by atoms with E-state index in [9.17, 15) is 9.90 Å². The van der Waals surface area contributed by atoms with Crippen molar-refractivity contribution in [2.45, 2.75) is 19.4 Å². The number of hydrogen-bond acceptors (Lipinski definition) is 3. The number of likely N-dealkylation sites (N-methyl/N-ethyl adjacent to an activating group) is 1. The highest BCUT2D eigenvalue weighted by atomic mass is 16.3. The van der Waals surface area contributed by atoms with E-state index in [2.05, 4.69) is 0 Å². The third-order valence-electron chi connectivity index (χ3n) is 2.93. The molecule has 4 heteroatoms. The predicted octanol–water partition coefficient (Wildman–Crippen LogP) is 2.79. The van der Waals surface area contributed by atoms with Crippen molar-refractivity contribution in [1.29, 1.82) is 0 Å². The molecule has 2 rings (SSSR count). The Morgan fingerprint density at radius 3 is 2.65 bits per heavy atom. The lowest BCUT2D eigenvalue weighted by Crippen LogP contribution is -2.39. The number of hydrogen-bond donors (Lipinski definition) is 1. The number of furan rings is 1. The van der Waals surface area contributed by atoms with E-state index in [4.69, 9.17) is 4.42 Å². The van der Waals surface area contributed by atoms with E-state index in [0.29, 0.717) is 5.56 Å². The SMILES string of the molecule is CN(CC(C)(C)O)C(=O)c1cccc(-c2ccoc2)c1. The second kappa shape index (κ2) is 5.51. The van der Waals surface area contributed by atoms with Crippen molar-refractivity contribution in [1.82, 2.24) is 4.90 Å². The lowest BCUT2D eigenvalue weighted by molar-refractivity contribution is 0.0368. The zero-order valence-corrected chi connectivity index (χ0v) is 12.0. The van der Waals surface area contributed by atoms with Crippen LogP contribution in [0, 0.1) is 0 Å². The van der Waals surface area contributed by atoms with Crippen LogP contribution in [0.5, 0.6) is 0 Å². The number of benzene rings is 1. The predicted molar refractivity (Wildman–Crippen MR) is 77.4 cm³/mol. The monoisotopic (exact) mass is 273 g/mol. The molecule has 2 aromatic rings. The minimum atomic E-state index is -0.910. The Bertz CT molecular complexity index is 582. The number of rotatable bonds is 4. The quantitative estimate of drug-likeness (QED) is 0.932. The third kappa shape index (κ3) is 3.48. The Kier molecular flexibility index (Phi) is 3.95. The van der Waals surface area contributed by atoms with Crippen molar-refractivity contribution in [2.24, 2.45) is 0 Å². The molecule has 106 valence electrons. The van der Waals surface area contributed by atoms with E-state index in [1.807, 2.05) is 24.3 Å². The molecule has 0 spiro atoms. The van der Waals surface area contributed by atoms with Gasteiger partial charge in [0.2, 0.25) is 0 Å². The molecule has 0 saturated carbocycles. The largest absolute Gasteiger partial charge is 0.472 e. The van der Waals surface area contributed by atoms with Crippen LogP contribution < -0.4 is 0 Å². The number of carbonyl (C=O) groups is 1. The number of aliphatic hydroxyl groups is 1. The normalized spacial score (nSPS) is 11.4. The van der Waals surface area contributed by atoms with Gasteiger partial charge in [-0.1, -0.05) is 12.1 Å². The molecule has 1 heterocycles. The summed E-state index contributed by atoms with van der Waals surface area (Å²) in [5, 5.41) is 9.78. The van der Waals surface area contributed by atoms with Gasteiger partial charge in [-0.3, -0.25) is 4.79 Å². The standard InChI is InChI=1S/C16H19NO3/c1-16(2,19)11-17(3)15(18)13-6-4-5-12(9-13)14-7-8-20-10-14/h4-10,19H,11H2,1-3H3. The molecule has 0 saturated heterocycles. The first kappa shape index (κ1) is 14.3. The zero-order chi connectivity index (χ0) is 14.8. The lowest BCUT2D eigenvalue weighted by atomic mass is 10.0. The minimum absolute atomic E-state index is 0.113. The fourth-order valence-electron chi connectivity index (χ4n) is 2.13. The van der Waals surface area contributed by atoms with Crippen LogP contribution in [0.3, 0.4) is 0 Å². The summed E-state index contributed by atoms with van der Waals surface area (Å²) in [6.45, 7) is 3.64. The number of nitrogens with zero attached hydrogens (tertiary/aromatic N) is 1. The van der Waals surface area contributed by atoms with Gasteiger partial charge in [0.05, 0.1) is 18.1 Å². The molecule has 0 atom stereocenters. The molecular formula is C16H19NO3. The number of carbonyl (C=O) groups excluding carboxylic acids is 1. The molecule has 0 aliphatic rings. The summed E-state index contributed by atoms with van der Waals surface area (Å²) in [6, 6.07) is 9.22. The minimum Gasteiger partial charge on any atom is -0.472 e. The van der Waals surface area contributed by atoms with E-state index in [0.717, 1.165) is 11.1 Å². The van der Waals surface area contributed by atoms with Crippen LogP contribution in [0.25, 0.3) is 11.1 Å². The van der Waals surface area contributed by atoms with E-state index in [-0.39, 0.29) is 12.5 Å². The maximum Gasteiger partial charge on any atom is 0.253 e. The third-order valence-corrected chi connectivity index (χ3v) is 2.93. The van der Waals surface area contributed by atoms with Gasteiger partial charge in [-0.25, -0.2) is 0 Å². The summed E-state index contributed by atoms with van der Waals surface area (Å²) in [4.78, 5) is 13.9. The van der Waals surface area contributed by atoms with Crippen molar-refractivity contribution in [3.8, 4) is 11.1 Å². The Morgan fingerprint density at radius 1 is 1.30 bits per heavy atom. The van der Waals surface area contributed by atoms with Crippen molar-refractivity contribution >= 4 is 5.91 Å². The molecule has 1 N–H and O–H groups in total. The summed E-state index contributed by atoms with van der Waals surface area (Å²) >= 11 is 0. The average molecular weight is 273 g/mol. The van der Waals surface area contributed by atoms with Gasteiger partial charge in [0.1, 0.15) is 0 Å². The van der Waals surface area contributed by atoms with E-state index >= 15 is 0 Å². The topological polar surface area (TPSA) is 53.7 Å². The molecule has 0 aliphatic heterocycles. The first-order valence-corrected chi connectivity index (χ1v) is 6.47. The fourth-order valence-corrected chi connectivity index (χ4v) is 2.13. The first-order chi connectivity index (χ1) is 9.37. The van der Waals surface area contributed by atoms with Gasteiger partial charge in [0.15, 0.2) is 0 Å². The van der Waals surface area contributed by atoms with Gasteiger partial charge < -0.3 is 14.4 Å². The van der Waals surface area contributed by atoms with Crippen molar-refractivity contribution in [3.05, 3.63) is 48.4 Å². The van der Waals surface area contributed by atoms with Crippen LogP contribution >= 0.6 is 0 Å². The maximum absolute atomic E-state index is 12.3. The summed E-state index contributed by atoms with van der Waals surface area (Å²) < 4.78 is 5.05. The molecule has 0 fully saturated rings. The maximum atomic E-state index is 12.3. The van der Waals surface area contributed by atoms with Crippen molar-refractivity contribution in [3.63, 3.8) is 0 Å². The van der Waals surface area contributed by atoms with E-state index < -0.39 is 5.60 Å². The van der Waals surface area contributed by atoms with E-state index in [1.54, 1.807) is 39.5 Å². The smallest absolute Gasteiger partial charge is 0.253 e. The second-order valence-electron chi connectivity index (χ2n) is 5.57. The molecular weight excluding hydrogens is 254 g/mol. The fraction of sp³-hybridized carbons (Fsp3) is 0.312. The molecule has 0 bridgehead atoms. The molecule has 0 unspecified atom stereocenters. The molecule has 1 amide bonds. The molecule has 20 heavy (non-hydrogen) atoms. The highest BCUT2D eigenvalue weighted by Gasteiger charge is 2.20. The molecule has 1 aromatic carbocycles. The highest BCUT2D eigenvalue weighted by molar-refractivity contribution is 5.95. The Morgan fingerprint density at radius 2 is 2.05 bits per heavy atom. The molecule has 4 nitrogen and oxygen atoms in total. The van der Waals surface area contributed by atoms with Gasteiger partial charge in [-0.15, -0.1) is 0 Å². The van der Waals surface area contributed by atoms with E-state index in [1.165, 1.54) is 4.90 Å². The van der Waals surface area contributed by atoms with Crippen molar-refractivity contribution in [2.75, 3.05) is 13.6 Å². The summed E-state index contributed by atoms with van der Waals surface area (Å²) in [7, 11) is 1.69.